The van der Waals surface area contributed by atoms with Crippen molar-refractivity contribution in [3.8, 4) is 0 Å². The van der Waals surface area contributed by atoms with Gasteiger partial charge in [0.1, 0.15) is 0 Å². The maximum atomic E-state index is 11.4. The first-order chi connectivity index (χ1) is 7.00. The van der Waals surface area contributed by atoms with E-state index in [-0.39, 0.29) is 0 Å². The van der Waals surface area contributed by atoms with Gasteiger partial charge in [-0.1, -0.05) is 20.3 Å². The predicted octanol–water partition coefficient (Wildman–Crippen LogP) is 1.45. The van der Waals surface area contributed by atoms with Crippen molar-refractivity contribution in [1.82, 2.24) is 5.32 Å². The molecule has 90 valence electrons. The number of nitrogens with one attached hydrogen (secondary N) is 1. The zero-order chi connectivity index (χ0) is 11.5. The Morgan fingerprint density at radius 3 is 2.53 bits per heavy atom. The third-order valence-corrected chi connectivity index (χ3v) is 5.26. The first-order valence-corrected chi connectivity index (χ1v) is 7.70. The highest BCUT2D eigenvalue weighted by atomic mass is 32.2. The monoisotopic (exact) mass is 233 g/mol. The summed E-state index contributed by atoms with van der Waals surface area (Å²) in [7, 11) is -0.793. The molecule has 1 saturated heterocycles. The van der Waals surface area contributed by atoms with E-state index in [2.05, 4.69) is 19.2 Å². The summed E-state index contributed by atoms with van der Waals surface area (Å²) in [4.78, 5) is 0. The van der Waals surface area contributed by atoms with E-state index >= 15 is 0 Å². The van der Waals surface area contributed by atoms with Gasteiger partial charge in [-0.3, -0.25) is 0 Å². The van der Waals surface area contributed by atoms with Crippen LogP contribution in [-0.2, 0) is 9.84 Å². The van der Waals surface area contributed by atoms with Crippen LogP contribution in [0.25, 0.3) is 0 Å². The van der Waals surface area contributed by atoms with Gasteiger partial charge in [0.15, 0.2) is 9.84 Å². The van der Waals surface area contributed by atoms with Crippen molar-refractivity contribution in [3.63, 3.8) is 0 Å². The maximum Gasteiger partial charge on any atom is 0.150 e. The maximum absolute atomic E-state index is 11.4. The molecular weight excluding hydrogens is 210 g/mol. The van der Waals surface area contributed by atoms with Gasteiger partial charge in [-0.2, -0.15) is 0 Å². The van der Waals surface area contributed by atoms with Crippen LogP contribution >= 0.6 is 0 Å². The lowest BCUT2D eigenvalue weighted by Crippen LogP contribution is -2.39. The van der Waals surface area contributed by atoms with Crippen LogP contribution in [-0.4, -0.2) is 33.0 Å². The van der Waals surface area contributed by atoms with Gasteiger partial charge < -0.3 is 5.32 Å². The fraction of sp³-hybridized carbons (Fsp3) is 1.00. The van der Waals surface area contributed by atoms with Crippen LogP contribution in [0.4, 0.5) is 0 Å². The van der Waals surface area contributed by atoms with E-state index in [1.807, 2.05) is 7.05 Å². The lowest BCUT2D eigenvalue weighted by molar-refractivity contribution is 0.289. The highest BCUT2D eigenvalue weighted by Crippen LogP contribution is 2.27. The first kappa shape index (κ1) is 13.0. The van der Waals surface area contributed by atoms with Crippen molar-refractivity contribution in [3.05, 3.63) is 0 Å². The summed E-state index contributed by atoms with van der Waals surface area (Å²) in [6.07, 6.45) is 3.17. The summed E-state index contributed by atoms with van der Waals surface area (Å²) in [6, 6.07) is 0.363. The average molecular weight is 233 g/mol. The Morgan fingerprint density at radius 2 is 2.13 bits per heavy atom. The van der Waals surface area contributed by atoms with Gasteiger partial charge in [-0.05, 0) is 31.7 Å². The third-order valence-electron chi connectivity index (χ3n) is 3.47. The smallest absolute Gasteiger partial charge is 0.150 e. The standard InChI is InChI=1S/C11H23NO2S/c1-4-5-9(2)11(12-3)10-6-7-15(13,14)8-10/h9-12H,4-8H2,1-3H3. The second-order valence-corrected chi connectivity index (χ2v) is 6.97. The fourth-order valence-corrected chi connectivity index (χ4v) is 4.58. The quantitative estimate of drug-likeness (QED) is 0.781. The second kappa shape index (κ2) is 5.30. The Hall–Kier alpha value is -0.0900. The number of hydrogen-bond acceptors (Lipinski definition) is 3. The largest absolute Gasteiger partial charge is 0.316 e. The molecule has 1 aliphatic rings. The molecular formula is C11H23NO2S. The van der Waals surface area contributed by atoms with Gasteiger partial charge in [-0.15, -0.1) is 0 Å². The lowest BCUT2D eigenvalue weighted by Gasteiger charge is -2.28. The van der Waals surface area contributed by atoms with Crippen LogP contribution in [0, 0.1) is 11.8 Å². The van der Waals surface area contributed by atoms with Crippen molar-refractivity contribution in [2.45, 2.75) is 39.2 Å². The van der Waals surface area contributed by atoms with E-state index in [9.17, 15) is 8.42 Å². The highest BCUT2D eigenvalue weighted by Gasteiger charge is 2.34. The molecule has 3 unspecified atom stereocenters. The molecule has 0 aromatic heterocycles. The third kappa shape index (κ3) is 3.45. The molecule has 3 atom stereocenters. The Balaban J connectivity index is 2.60. The van der Waals surface area contributed by atoms with Crippen LogP contribution in [0.1, 0.15) is 33.1 Å². The van der Waals surface area contributed by atoms with Gasteiger partial charge in [0.2, 0.25) is 0 Å². The van der Waals surface area contributed by atoms with Gasteiger partial charge in [-0.25, -0.2) is 8.42 Å². The molecule has 15 heavy (non-hydrogen) atoms. The van der Waals surface area contributed by atoms with E-state index in [0.29, 0.717) is 29.4 Å². The van der Waals surface area contributed by atoms with Crippen LogP contribution in [0.3, 0.4) is 0 Å². The average Bonchev–Trinajstić information content (AvgIpc) is 2.48. The van der Waals surface area contributed by atoms with Crippen molar-refractivity contribution in [1.29, 1.82) is 0 Å². The Labute approximate surface area is 93.6 Å². The minimum Gasteiger partial charge on any atom is -0.316 e. The van der Waals surface area contributed by atoms with Crippen LogP contribution in [0.15, 0.2) is 0 Å². The van der Waals surface area contributed by atoms with Crippen LogP contribution in [0.5, 0.6) is 0 Å². The van der Waals surface area contributed by atoms with Crippen molar-refractivity contribution < 1.29 is 8.42 Å². The molecule has 0 saturated carbocycles. The lowest BCUT2D eigenvalue weighted by atomic mass is 9.86. The summed E-state index contributed by atoms with van der Waals surface area (Å²) in [6.45, 7) is 4.39. The topological polar surface area (TPSA) is 46.2 Å². The molecule has 4 heteroatoms. The van der Waals surface area contributed by atoms with Crippen LogP contribution in [0.2, 0.25) is 0 Å². The normalized spacial score (nSPS) is 28.9. The van der Waals surface area contributed by atoms with Crippen molar-refractivity contribution in [2.75, 3.05) is 18.6 Å². The van der Waals surface area contributed by atoms with E-state index < -0.39 is 9.84 Å². The van der Waals surface area contributed by atoms with E-state index in [4.69, 9.17) is 0 Å². The molecule has 3 nitrogen and oxygen atoms in total. The molecule has 1 aliphatic heterocycles. The van der Waals surface area contributed by atoms with E-state index in [1.165, 1.54) is 12.8 Å². The zero-order valence-electron chi connectivity index (χ0n) is 9.99. The van der Waals surface area contributed by atoms with Crippen molar-refractivity contribution >= 4 is 9.84 Å². The molecule has 1 rings (SSSR count). The summed E-state index contributed by atoms with van der Waals surface area (Å²) >= 11 is 0. The molecule has 0 bridgehead atoms. The Morgan fingerprint density at radius 1 is 1.47 bits per heavy atom. The first-order valence-electron chi connectivity index (χ1n) is 5.88. The fourth-order valence-electron chi connectivity index (χ4n) is 2.73. The minimum atomic E-state index is -2.74. The predicted molar refractivity (Wildman–Crippen MR) is 63.7 cm³/mol. The zero-order valence-corrected chi connectivity index (χ0v) is 10.8. The number of hydrogen-bond donors (Lipinski definition) is 1. The Kier molecular flexibility index (Phi) is 4.59. The van der Waals surface area contributed by atoms with Gasteiger partial charge in [0.25, 0.3) is 0 Å². The summed E-state index contributed by atoms with van der Waals surface area (Å²) in [5.74, 6) is 1.65. The SMILES string of the molecule is CCCC(C)C(NC)C1CCS(=O)(=O)C1. The van der Waals surface area contributed by atoms with Gasteiger partial charge in [0.05, 0.1) is 11.5 Å². The summed E-state index contributed by atoms with van der Waals surface area (Å²) in [5, 5.41) is 3.30. The summed E-state index contributed by atoms with van der Waals surface area (Å²) in [5.41, 5.74) is 0. The molecule has 0 aliphatic carbocycles. The second-order valence-electron chi connectivity index (χ2n) is 4.74. The highest BCUT2D eigenvalue weighted by molar-refractivity contribution is 7.91. The van der Waals surface area contributed by atoms with Crippen LogP contribution < -0.4 is 5.32 Å². The summed E-state index contributed by atoms with van der Waals surface area (Å²) < 4.78 is 22.8. The van der Waals surface area contributed by atoms with Gasteiger partial charge >= 0.3 is 0 Å². The molecule has 0 aromatic rings. The molecule has 0 amide bonds. The van der Waals surface area contributed by atoms with E-state index in [1.54, 1.807) is 0 Å². The molecule has 1 N–H and O–H groups in total. The number of rotatable bonds is 5. The van der Waals surface area contributed by atoms with Crippen molar-refractivity contribution in [2.24, 2.45) is 11.8 Å². The molecule has 0 aromatic carbocycles. The molecule has 0 spiro atoms. The van der Waals surface area contributed by atoms with E-state index in [0.717, 1.165) is 6.42 Å². The van der Waals surface area contributed by atoms with Gasteiger partial charge in [0, 0.05) is 6.04 Å². The minimum absolute atomic E-state index is 0.321. The molecule has 0 radical (unpaired) electrons. The number of sulfone groups is 1. The molecule has 1 fully saturated rings. The molecule has 1 heterocycles. The Bertz CT molecular complexity index is 287.